The van der Waals surface area contributed by atoms with Crippen LogP contribution < -0.4 is 10.6 Å². The van der Waals surface area contributed by atoms with E-state index in [1.54, 1.807) is 0 Å². The van der Waals surface area contributed by atoms with Gasteiger partial charge in [-0.15, -0.1) is 0 Å². The van der Waals surface area contributed by atoms with Crippen LogP contribution in [0.5, 0.6) is 0 Å². The number of nitriles is 1. The van der Waals surface area contributed by atoms with E-state index in [-0.39, 0.29) is 17.4 Å². The van der Waals surface area contributed by atoms with Gasteiger partial charge in [0.1, 0.15) is 0 Å². The molecule has 4 nitrogen and oxygen atoms in total. The largest absolute Gasteiger partial charge is 0.355 e. The Morgan fingerprint density at radius 3 is 2.94 bits per heavy atom. The van der Waals surface area contributed by atoms with Crippen LogP contribution in [0.25, 0.3) is 0 Å². The Morgan fingerprint density at radius 1 is 1.53 bits per heavy atom. The van der Waals surface area contributed by atoms with E-state index in [9.17, 15) is 4.79 Å². The number of nitrogens with one attached hydrogen (secondary N) is 2. The van der Waals surface area contributed by atoms with Crippen molar-refractivity contribution in [1.29, 1.82) is 5.26 Å². The minimum atomic E-state index is -0.220. The first kappa shape index (κ1) is 14.0. The van der Waals surface area contributed by atoms with Crippen LogP contribution in [0.3, 0.4) is 0 Å². The summed E-state index contributed by atoms with van der Waals surface area (Å²) in [5.74, 6) is 0.133. The van der Waals surface area contributed by atoms with Gasteiger partial charge in [-0.2, -0.15) is 5.26 Å². The summed E-state index contributed by atoms with van der Waals surface area (Å²) in [6, 6.07) is 2.30. The Hall–Kier alpha value is -1.08. The molecule has 1 amide bonds. The lowest BCUT2D eigenvalue weighted by Crippen LogP contribution is -2.48. The van der Waals surface area contributed by atoms with Gasteiger partial charge in [0.2, 0.25) is 5.91 Å². The van der Waals surface area contributed by atoms with Gasteiger partial charge in [-0.05, 0) is 46.1 Å². The first-order valence-corrected chi connectivity index (χ1v) is 6.47. The molecule has 1 unspecified atom stereocenters. The number of unbranched alkanes of at least 4 members (excludes halogenated alkanes) is 1. The number of hydrogen-bond donors (Lipinski definition) is 2. The van der Waals surface area contributed by atoms with Crippen molar-refractivity contribution in [2.24, 2.45) is 5.41 Å². The molecule has 0 aromatic rings. The first-order valence-electron chi connectivity index (χ1n) is 6.47. The SMILES string of the molecule is CC(C)(C#N)CCCCNC1CCCNC1=O. The van der Waals surface area contributed by atoms with E-state index in [4.69, 9.17) is 5.26 Å². The van der Waals surface area contributed by atoms with Gasteiger partial charge in [0.05, 0.1) is 17.5 Å². The average molecular weight is 237 g/mol. The summed E-state index contributed by atoms with van der Waals surface area (Å²) >= 11 is 0. The number of carbonyl (C=O) groups is 1. The third-order valence-electron chi connectivity index (χ3n) is 3.21. The third kappa shape index (κ3) is 5.18. The lowest BCUT2D eigenvalue weighted by Gasteiger charge is -2.23. The molecule has 1 atom stereocenters. The predicted octanol–water partition coefficient (Wildman–Crippen LogP) is 1.57. The molecule has 0 bridgehead atoms. The van der Waals surface area contributed by atoms with Crippen molar-refractivity contribution in [3.8, 4) is 6.07 Å². The van der Waals surface area contributed by atoms with Crippen LogP contribution in [-0.2, 0) is 4.79 Å². The molecule has 1 saturated heterocycles. The van der Waals surface area contributed by atoms with Crippen molar-refractivity contribution in [3.63, 3.8) is 0 Å². The first-order chi connectivity index (χ1) is 8.05. The van der Waals surface area contributed by atoms with Gasteiger partial charge in [0, 0.05) is 6.54 Å². The standard InChI is InChI=1S/C13H23N3O/c1-13(2,10-14)7-3-4-8-15-11-6-5-9-16-12(11)17/h11,15H,3-9H2,1-2H3,(H,16,17). The molecule has 0 aliphatic carbocycles. The maximum absolute atomic E-state index is 11.4. The van der Waals surface area contributed by atoms with Crippen LogP contribution in [-0.4, -0.2) is 25.0 Å². The lowest BCUT2D eigenvalue weighted by molar-refractivity contribution is -0.124. The van der Waals surface area contributed by atoms with E-state index in [1.165, 1.54) is 0 Å². The van der Waals surface area contributed by atoms with E-state index >= 15 is 0 Å². The minimum Gasteiger partial charge on any atom is -0.355 e. The number of nitrogens with zero attached hydrogens (tertiary/aromatic N) is 1. The summed E-state index contributed by atoms with van der Waals surface area (Å²) in [4.78, 5) is 11.4. The summed E-state index contributed by atoms with van der Waals surface area (Å²) in [6.45, 7) is 5.61. The molecule has 1 rings (SSSR count). The molecular formula is C13H23N3O. The molecule has 96 valence electrons. The number of amides is 1. The fourth-order valence-electron chi connectivity index (χ4n) is 1.99. The highest BCUT2D eigenvalue weighted by Gasteiger charge is 2.21. The molecule has 4 heteroatoms. The van der Waals surface area contributed by atoms with Crippen LogP contribution >= 0.6 is 0 Å². The second-order valence-electron chi connectivity index (χ2n) is 5.39. The number of hydrogen-bond acceptors (Lipinski definition) is 3. The van der Waals surface area contributed by atoms with E-state index in [2.05, 4.69) is 16.7 Å². The van der Waals surface area contributed by atoms with Crippen molar-refractivity contribution in [2.45, 2.75) is 52.0 Å². The molecule has 0 aromatic carbocycles. The molecule has 0 spiro atoms. The van der Waals surface area contributed by atoms with Gasteiger partial charge in [0.25, 0.3) is 0 Å². The Morgan fingerprint density at radius 2 is 2.29 bits per heavy atom. The minimum absolute atomic E-state index is 0.00673. The van der Waals surface area contributed by atoms with E-state index in [0.29, 0.717) is 0 Å². The summed E-state index contributed by atoms with van der Waals surface area (Å²) in [7, 11) is 0. The second-order valence-corrected chi connectivity index (χ2v) is 5.39. The maximum atomic E-state index is 11.4. The van der Waals surface area contributed by atoms with Gasteiger partial charge in [-0.3, -0.25) is 4.79 Å². The van der Waals surface area contributed by atoms with Crippen molar-refractivity contribution in [3.05, 3.63) is 0 Å². The highest BCUT2D eigenvalue weighted by molar-refractivity contribution is 5.82. The molecule has 0 radical (unpaired) electrons. The summed E-state index contributed by atoms with van der Waals surface area (Å²) < 4.78 is 0. The molecule has 17 heavy (non-hydrogen) atoms. The molecule has 1 aliphatic heterocycles. The number of carbonyl (C=O) groups excluding carboxylic acids is 1. The fourth-order valence-corrected chi connectivity index (χ4v) is 1.99. The monoisotopic (exact) mass is 237 g/mol. The van der Waals surface area contributed by atoms with Crippen molar-refractivity contribution in [1.82, 2.24) is 10.6 Å². The average Bonchev–Trinajstić information content (AvgIpc) is 2.31. The molecule has 1 fully saturated rings. The van der Waals surface area contributed by atoms with E-state index < -0.39 is 0 Å². The fraction of sp³-hybridized carbons (Fsp3) is 0.846. The van der Waals surface area contributed by atoms with Crippen molar-refractivity contribution in [2.75, 3.05) is 13.1 Å². The third-order valence-corrected chi connectivity index (χ3v) is 3.21. The van der Waals surface area contributed by atoms with Crippen LogP contribution in [0.15, 0.2) is 0 Å². The summed E-state index contributed by atoms with van der Waals surface area (Å²) in [6.07, 6.45) is 4.97. The number of rotatable bonds is 6. The zero-order valence-electron chi connectivity index (χ0n) is 10.9. The zero-order chi connectivity index (χ0) is 12.7. The number of piperidine rings is 1. The van der Waals surface area contributed by atoms with Crippen molar-refractivity contribution < 1.29 is 4.79 Å². The van der Waals surface area contributed by atoms with Gasteiger partial charge in [-0.25, -0.2) is 0 Å². The van der Waals surface area contributed by atoms with Crippen LogP contribution in [0.1, 0.15) is 46.0 Å². The quantitative estimate of drug-likeness (QED) is 0.689. The topological polar surface area (TPSA) is 64.9 Å². The van der Waals surface area contributed by atoms with Crippen LogP contribution in [0.2, 0.25) is 0 Å². The van der Waals surface area contributed by atoms with Gasteiger partial charge >= 0.3 is 0 Å². The predicted molar refractivity (Wildman–Crippen MR) is 67.3 cm³/mol. The molecule has 0 saturated carbocycles. The van der Waals surface area contributed by atoms with Gasteiger partial charge < -0.3 is 10.6 Å². The van der Waals surface area contributed by atoms with Crippen molar-refractivity contribution >= 4 is 5.91 Å². The molecule has 0 aromatic heterocycles. The Bertz CT molecular complexity index is 294. The Kier molecular flexibility index (Phi) is 5.43. The maximum Gasteiger partial charge on any atom is 0.237 e. The molecular weight excluding hydrogens is 214 g/mol. The van der Waals surface area contributed by atoms with Gasteiger partial charge in [0.15, 0.2) is 0 Å². The van der Waals surface area contributed by atoms with Gasteiger partial charge in [-0.1, -0.05) is 6.42 Å². The van der Waals surface area contributed by atoms with E-state index in [1.807, 2.05) is 13.8 Å². The Balaban J connectivity index is 2.08. The zero-order valence-corrected chi connectivity index (χ0v) is 10.9. The Labute approximate surface area is 104 Å². The lowest BCUT2D eigenvalue weighted by atomic mass is 9.89. The summed E-state index contributed by atoms with van der Waals surface area (Å²) in [5, 5.41) is 15.0. The molecule has 1 aliphatic rings. The molecule has 2 N–H and O–H groups in total. The van der Waals surface area contributed by atoms with Crippen LogP contribution in [0.4, 0.5) is 0 Å². The smallest absolute Gasteiger partial charge is 0.237 e. The van der Waals surface area contributed by atoms with Crippen LogP contribution in [0, 0.1) is 16.7 Å². The highest BCUT2D eigenvalue weighted by Crippen LogP contribution is 2.21. The normalized spacial score (nSPS) is 20.8. The highest BCUT2D eigenvalue weighted by atomic mass is 16.2. The summed E-state index contributed by atoms with van der Waals surface area (Å²) in [5.41, 5.74) is -0.220. The second kappa shape index (κ2) is 6.61. The molecule has 1 heterocycles. The van der Waals surface area contributed by atoms with E-state index in [0.717, 1.165) is 45.2 Å².